The van der Waals surface area contributed by atoms with Gasteiger partial charge in [0.25, 0.3) is 0 Å². The van der Waals surface area contributed by atoms with Gasteiger partial charge >= 0.3 is 0 Å². The van der Waals surface area contributed by atoms with Crippen molar-refractivity contribution >= 4 is 21.6 Å². The van der Waals surface area contributed by atoms with Crippen molar-refractivity contribution in [2.45, 2.75) is 37.8 Å². The second-order valence-corrected chi connectivity index (χ2v) is 5.56. The van der Waals surface area contributed by atoms with Crippen molar-refractivity contribution in [2.24, 2.45) is 5.73 Å². The van der Waals surface area contributed by atoms with E-state index >= 15 is 0 Å². The topological polar surface area (TPSA) is 47.3 Å². The highest BCUT2D eigenvalue weighted by molar-refractivity contribution is 9.10. The molecular formula is C13H19BrN2O. The van der Waals surface area contributed by atoms with Gasteiger partial charge in [-0.3, -0.25) is 0 Å². The smallest absolute Gasteiger partial charge is 0.122 e. The molecule has 0 heterocycles. The lowest BCUT2D eigenvalue weighted by molar-refractivity contribution is 0.407. The van der Waals surface area contributed by atoms with E-state index in [9.17, 15) is 0 Å². The third-order valence-corrected chi connectivity index (χ3v) is 3.65. The number of rotatable bonds is 3. The maximum Gasteiger partial charge on any atom is 0.122 e. The molecule has 1 aliphatic carbocycles. The summed E-state index contributed by atoms with van der Waals surface area (Å²) in [5, 5.41) is 3.54. The normalized spacial score (nSPS) is 24.4. The Kier molecular flexibility index (Phi) is 4.29. The van der Waals surface area contributed by atoms with Crippen molar-refractivity contribution in [2.75, 3.05) is 12.4 Å². The lowest BCUT2D eigenvalue weighted by Gasteiger charge is -2.28. The Morgan fingerprint density at radius 3 is 2.88 bits per heavy atom. The average molecular weight is 299 g/mol. The fraction of sp³-hybridized carbons (Fsp3) is 0.538. The molecule has 2 rings (SSSR count). The van der Waals surface area contributed by atoms with Crippen molar-refractivity contribution in [3.05, 3.63) is 22.7 Å². The average Bonchev–Trinajstić information content (AvgIpc) is 2.28. The number of benzene rings is 1. The molecule has 3 nitrogen and oxygen atoms in total. The van der Waals surface area contributed by atoms with Crippen LogP contribution < -0.4 is 15.8 Å². The highest BCUT2D eigenvalue weighted by atomic mass is 79.9. The van der Waals surface area contributed by atoms with Crippen LogP contribution in [-0.2, 0) is 0 Å². The Labute approximate surface area is 111 Å². The molecule has 0 spiro atoms. The third-order valence-electron chi connectivity index (χ3n) is 3.19. The first kappa shape index (κ1) is 12.7. The van der Waals surface area contributed by atoms with Gasteiger partial charge in [-0.25, -0.2) is 0 Å². The summed E-state index contributed by atoms with van der Waals surface area (Å²) in [7, 11) is 1.68. The van der Waals surface area contributed by atoms with Gasteiger partial charge in [0.2, 0.25) is 0 Å². The van der Waals surface area contributed by atoms with Crippen molar-refractivity contribution in [3.63, 3.8) is 0 Å². The van der Waals surface area contributed by atoms with Gasteiger partial charge in [-0.2, -0.15) is 0 Å². The Bertz CT molecular complexity index is 384. The van der Waals surface area contributed by atoms with E-state index < -0.39 is 0 Å². The molecular weight excluding hydrogens is 280 g/mol. The van der Waals surface area contributed by atoms with Crippen molar-refractivity contribution in [1.82, 2.24) is 0 Å². The second kappa shape index (κ2) is 5.74. The maximum absolute atomic E-state index is 5.99. The number of halogens is 1. The van der Waals surface area contributed by atoms with Gasteiger partial charge in [0.1, 0.15) is 5.75 Å². The summed E-state index contributed by atoms with van der Waals surface area (Å²) in [6, 6.07) is 6.87. The minimum Gasteiger partial charge on any atom is -0.497 e. The second-order valence-electron chi connectivity index (χ2n) is 4.65. The summed E-state index contributed by atoms with van der Waals surface area (Å²) in [6.07, 6.45) is 4.61. The van der Waals surface area contributed by atoms with Crippen molar-refractivity contribution in [3.8, 4) is 5.75 Å². The third kappa shape index (κ3) is 3.61. The van der Waals surface area contributed by atoms with E-state index in [4.69, 9.17) is 10.5 Å². The zero-order chi connectivity index (χ0) is 12.3. The highest BCUT2D eigenvalue weighted by Gasteiger charge is 2.19. The van der Waals surface area contributed by atoms with Crippen molar-refractivity contribution < 1.29 is 4.74 Å². The van der Waals surface area contributed by atoms with E-state index in [-0.39, 0.29) is 0 Å². The molecule has 1 saturated carbocycles. The number of ether oxygens (including phenoxy) is 1. The molecule has 2 unspecified atom stereocenters. The molecule has 0 bridgehead atoms. The molecule has 0 saturated heterocycles. The highest BCUT2D eigenvalue weighted by Crippen LogP contribution is 2.27. The van der Waals surface area contributed by atoms with Crippen LogP contribution in [0.4, 0.5) is 5.69 Å². The SMILES string of the molecule is COc1cc(Br)cc(NC2CCCC(N)C2)c1. The standard InChI is InChI=1S/C13H19BrN2O/c1-17-13-6-9(14)5-12(8-13)16-11-4-2-3-10(15)7-11/h5-6,8,10-11,16H,2-4,7,15H2,1H3. The molecule has 1 aliphatic rings. The molecule has 2 atom stereocenters. The quantitative estimate of drug-likeness (QED) is 0.901. The number of hydrogen-bond acceptors (Lipinski definition) is 3. The number of hydrogen-bond donors (Lipinski definition) is 2. The first-order valence-electron chi connectivity index (χ1n) is 6.04. The lowest BCUT2D eigenvalue weighted by Crippen LogP contribution is -2.34. The van der Waals surface area contributed by atoms with Crippen LogP contribution in [0.5, 0.6) is 5.75 Å². The molecule has 4 heteroatoms. The molecule has 3 N–H and O–H groups in total. The predicted octanol–water partition coefficient (Wildman–Crippen LogP) is 3.14. The largest absolute Gasteiger partial charge is 0.497 e. The summed E-state index contributed by atoms with van der Waals surface area (Å²) in [5.74, 6) is 0.863. The van der Waals surface area contributed by atoms with Crippen LogP contribution in [0.1, 0.15) is 25.7 Å². The van der Waals surface area contributed by atoms with E-state index in [0.29, 0.717) is 12.1 Å². The van der Waals surface area contributed by atoms with Gasteiger partial charge in [0.15, 0.2) is 0 Å². The number of nitrogens with two attached hydrogens (primary N) is 1. The fourth-order valence-electron chi connectivity index (χ4n) is 2.36. The van der Waals surface area contributed by atoms with Gasteiger partial charge in [0.05, 0.1) is 7.11 Å². The lowest BCUT2D eigenvalue weighted by atomic mass is 9.91. The van der Waals surface area contributed by atoms with Crippen LogP contribution >= 0.6 is 15.9 Å². The minimum atomic E-state index is 0.343. The summed E-state index contributed by atoms with van der Waals surface area (Å²) >= 11 is 3.49. The monoisotopic (exact) mass is 298 g/mol. The minimum absolute atomic E-state index is 0.343. The summed E-state index contributed by atoms with van der Waals surface area (Å²) in [6.45, 7) is 0. The van der Waals surface area contributed by atoms with E-state index in [0.717, 1.165) is 28.8 Å². The van der Waals surface area contributed by atoms with Crippen LogP contribution in [0.25, 0.3) is 0 Å². The van der Waals surface area contributed by atoms with E-state index in [2.05, 4.69) is 27.3 Å². The van der Waals surface area contributed by atoms with Crippen LogP contribution in [0, 0.1) is 0 Å². The number of anilines is 1. The van der Waals surface area contributed by atoms with E-state index in [1.807, 2.05) is 12.1 Å². The maximum atomic E-state index is 5.99. The first-order chi connectivity index (χ1) is 8.17. The molecule has 1 aromatic rings. The number of nitrogens with one attached hydrogen (secondary N) is 1. The van der Waals surface area contributed by atoms with Crippen LogP contribution in [0.15, 0.2) is 22.7 Å². The number of methoxy groups -OCH3 is 1. The molecule has 1 aromatic carbocycles. The van der Waals surface area contributed by atoms with Crippen LogP contribution in [0.2, 0.25) is 0 Å². The van der Waals surface area contributed by atoms with Gasteiger partial charge in [-0.15, -0.1) is 0 Å². The molecule has 0 radical (unpaired) electrons. The Hall–Kier alpha value is -0.740. The van der Waals surface area contributed by atoms with Gasteiger partial charge in [0, 0.05) is 28.3 Å². The van der Waals surface area contributed by atoms with E-state index in [1.54, 1.807) is 7.11 Å². The summed E-state index contributed by atoms with van der Waals surface area (Å²) in [5.41, 5.74) is 7.08. The molecule has 1 fully saturated rings. The molecule has 0 amide bonds. The molecule has 94 valence electrons. The zero-order valence-electron chi connectivity index (χ0n) is 10.1. The summed E-state index contributed by atoms with van der Waals surface area (Å²) < 4.78 is 6.28. The fourth-order valence-corrected chi connectivity index (χ4v) is 2.83. The Morgan fingerprint density at radius 1 is 1.35 bits per heavy atom. The van der Waals surface area contributed by atoms with Crippen LogP contribution in [0.3, 0.4) is 0 Å². The first-order valence-corrected chi connectivity index (χ1v) is 6.83. The van der Waals surface area contributed by atoms with Gasteiger partial charge in [-0.05, 0) is 37.8 Å². The molecule has 17 heavy (non-hydrogen) atoms. The van der Waals surface area contributed by atoms with Crippen molar-refractivity contribution in [1.29, 1.82) is 0 Å². The van der Waals surface area contributed by atoms with Gasteiger partial charge < -0.3 is 15.8 Å². The Morgan fingerprint density at radius 2 is 2.18 bits per heavy atom. The summed E-state index contributed by atoms with van der Waals surface area (Å²) in [4.78, 5) is 0. The van der Waals surface area contributed by atoms with Gasteiger partial charge in [-0.1, -0.05) is 15.9 Å². The zero-order valence-corrected chi connectivity index (χ0v) is 11.7. The molecule has 0 aromatic heterocycles. The predicted molar refractivity (Wildman–Crippen MR) is 74.5 cm³/mol. The molecule has 0 aliphatic heterocycles. The van der Waals surface area contributed by atoms with E-state index in [1.165, 1.54) is 12.8 Å². The van der Waals surface area contributed by atoms with Crippen LogP contribution in [-0.4, -0.2) is 19.2 Å². The Balaban J connectivity index is 2.04.